The van der Waals surface area contributed by atoms with Crippen LogP contribution in [0.1, 0.15) is 27.7 Å². The lowest BCUT2D eigenvalue weighted by Crippen LogP contribution is -2.71. The Balaban J connectivity index is 2.03. The maximum Gasteiger partial charge on any atom is 0.242 e. The van der Waals surface area contributed by atoms with E-state index in [2.05, 4.69) is 0 Å². The molecular formula is C14H25N3O3S. The van der Waals surface area contributed by atoms with Crippen LogP contribution in [0.2, 0.25) is 0 Å². The molecule has 0 radical (unpaired) electrons. The molecule has 2 aliphatic rings. The van der Waals surface area contributed by atoms with Crippen LogP contribution in [0.4, 0.5) is 0 Å². The number of amides is 2. The van der Waals surface area contributed by atoms with Crippen molar-refractivity contribution in [3.63, 3.8) is 0 Å². The van der Waals surface area contributed by atoms with Crippen molar-refractivity contribution < 1.29 is 14.7 Å². The molecule has 0 unspecified atom stereocenters. The standard InChI is InChI=1S/C14H25N3O3S/c1-9(18)10(15)11(19)16-7-14(8-16)17(5-6-21-14)12(20)13(2,3)4/h9-10,18H,5-8,15H2,1-4H3/t9-,10+/m1/s1. The summed E-state index contributed by atoms with van der Waals surface area (Å²) in [6.07, 6.45) is -0.863. The Morgan fingerprint density at radius 3 is 2.38 bits per heavy atom. The average Bonchev–Trinajstić information content (AvgIpc) is 2.77. The quantitative estimate of drug-likeness (QED) is 0.740. The highest BCUT2D eigenvalue weighted by atomic mass is 32.2. The van der Waals surface area contributed by atoms with E-state index in [0.717, 1.165) is 12.3 Å². The lowest BCUT2D eigenvalue weighted by Gasteiger charge is -2.53. The monoisotopic (exact) mass is 315 g/mol. The number of rotatable bonds is 2. The molecular weight excluding hydrogens is 290 g/mol. The molecule has 2 rings (SSSR count). The second kappa shape index (κ2) is 5.44. The number of nitrogens with zero attached hydrogens (tertiary/aromatic N) is 2. The first-order chi connectivity index (χ1) is 9.58. The Morgan fingerprint density at radius 2 is 1.90 bits per heavy atom. The zero-order valence-corrected chi connectivity index (χ0v) is 13.9. The minimum absolute atomic E-state index is 0.124. The van der Waals surface area contributed by atoms with Crippen LogP contribution in [-0.4, -0.2) is 69.1 Å². The molecule has 6 nitrogen and oxygen atoms in total. The summed E-state index contributed by atoms with van der Waals surface area (Å²) in [5, 5.41) is 9.42. The molecule has 7 heteroatoms. The van der Waals surface area contributed by atoms with Crippen LogP contribution >= 0.6 is 11.8 Å². The van der Waals surface area contributed by atoms with E-state index in [1.54, 1.807) is 16.7 Å². The average molecular weight is 315 g/mol. The summed E-state index contributed by atoms with van der Waals surface area (Å²) in [5.41, 5.74) is 5.27. The fourth-order valence-electron chi connectivity index (χ4n) is 2.69. The number of aliphatic hydroxyl groups is 1. The molecule has 0 aromatic rings. The van der Waals surface area contributed by atoms with Gasteiger partial charge in [-0.25, -0.2) is 0 Å². The van der Waals surface area contributed by atoms with E-state index >= 15 is 0 Å². The summed E-state index contributed by atoms with van der Waals surface area (Å²) in [7, 11) is 0. The first kappa shape index (κ1) is 16.6. The van der Waals surface area contributed by atoms with Gasteiger partial charge in [-0.1, -0.05) is 20.8 Å². The third-order valence-electron chi connectivity index (χ3n) is 4.06. The van der Waals surface area contributed by atoms with Crippen LogP contribution in [0.25, 0.3) is 0 Å². The van der Waals surface area contributed by atoms with E-state index in [-0.39, 0.29) is 16.7 Å². The highest BCUT2D eigenvalue weighted by Gasteiger charge is 2.56. The molecule has 2 amide bonds. The van der Waals surface area contributed by atoms with Crippen LogP contribution in [0.15, 0.2) is 0 Å². The molecule has 2 atom stereocenters. The molecule has 2 fully saturated rings. The number of hydrogen-bond acceptors (Lipinski definition) is 5. The van der Waals surface area contributed by atoms with Gasteiger partial charge in [-0.2, -0.15) is 0 Å². The van der Waals surface area contributed by atoms with E-state index in [9.17, 15) is 14.7 Å². The van der Waals surface area contributed by atoms with Crippen LogP contribution < -0.4 is 5.73 Å². The Hall–Kier alpha value is -0.790. The van der Waals surface area contributed by atoms with Gasteiger partial charge < -0.3 is 20.6 Å². The van der Waals surface area contributed by atoms with Crippen LogP contribution in [0.3, 0.4) is 0 Å². The first-order valence-electron chi connectivity index (χ1n) is 7.27. The molecule has 0 aromatic heterocycles. The van der Waals surface area contributed by atoms with E-state index in [4.69, 9.17) is 5.73 Å². The topological polar surface area (TPSA) is 86.9 Å². The van der Waals surface area contributed by atoms with Crippen molar-refractivity contribution in [1.82, 2.24) is 9.80 Å². The summed E-state index contributed by atoms with van der Waals surface area (Å²) in [6.45, 7) is 8.98. The Kier molecular flexibility index (Phi) is 4.30. The van der Waals surface area contributed by atoms with Gasteiger partial charge in [0.15, 0.2) is 0 Å². The van der Waals surface area contributed by atoms with Gasteiger partial charge in [-0.15, -0.1) is 11.8 Å². The number of nitrogens with two attached hydrogens (primary N) is 1. The fourth-order valence-corrected chi connectivity index (χ4v) is 4.16. The molecule has 0 bridgehead atoms. The number of aliphatic hydroxyl groups excluding tert-OH is 1. The Bertz CT molecular complexity index is 441. The third-order valence-corrected chi connectivity index (χ3v) is 5.46. The molecule has 2 aliphatic heterocycles. The molecule has 2 heterocycles. The molecule has 1 spiro atoms. The second-order valence-electron chi connectivity index (χ2n) is 6.96. The highest BCUT2D eigenvalue weighted by molar-refractivity contribution is 8.01. The third kappa shape index (κ3) is 2.91. The number of carbonyl (C=O) groups is 2. The van der Waals surface area contributed by atoms with E-state index < -0.39 is 17.6 Å². The van der Waals surface area contributed by atoms with Crippen LogP contribution in [0, 0.1) is 5.41 Å². The Morgan fingerprint density at radius 1 is 1.33 bits per heavy atom. The lowest BCUT2D eigenvalue weighted by atomic mass is 9.92. The lowest BCUT2D eigenvalue weighted by molar-refractivity contribution is -0.154. The number of thioether (sulfide) groups is 1. The summed E-state index contributed by atoms with van der Waals surface area (Å²) in [4.78, 5) is 27.9. The summed E-state index contributed by atoms with van der Waals surface area (Å²) in [6, 6.07) is -0.888. The normalized spacial score (nSPS) is 23.9. The molecule has 3 N–H and O–H groups in total. The molecule has 0 saturated carbocycles. The smallest absolute Gasteiger partial charge is 0.242 e. The summed E-state index contributed by atoms with van der Waals surface area (Å²) < 4.78 is 0. The Labute approximate surface area is 130 Å². The number of carbonyl (C=O) groups excluding carboxylic acids is 2. The number of likely N-dealkylation sites (tertiary alicyclic amines) is 1. The minimum atomic E-state index is -0.888. The maximum atomic E-state index is 12.5. The van der Waals surface area contributed by atoms with E-state index in [1.807, 2.05) is 25.7 Å². The molecule has 21 heavy (non-hydrogen) atoms. The van der Waals surface area contributed by atoms with Gasteiger partial charge in [0, 0.05) is 17.7 Å². The number of hydrogen-bond donors (Lipinski definition) is 2. The molecule has 0 aromatic carbocycles. The summed E-state index contributed by atoms with van der Waals surface area (Å²) >= 11 is 1.73. The van der Waals surface area contributed by atoms with Gasteiger partial charge in [0.1, 0.15) is 10.9 Å². The van der Waals surface area contributed by atoms with Gasteiger partial charge in [0.05, 0.1) is 19.2 Å². The minimum Gasteiger partial charge on any atom is -0.391 e. The first-order valence-corrected chi connectivity index (χ1v) is 8.25. The van der Waals surface area contributed by atoms with Crippen molar-refractivity contribution in [2.45, 2.75) is 44.7 Å². The van der Waals surface area contributed by atoms with Crippen molar-refractivity contribution >= 4 is 23.6 Å². The second-order valence-corrected chi connectivity index (χ2v) is 8.42. The maximum absolute atomic E-state index is 12.5. The van der Waals surface area contributed by atoms with Crippen molar-refractivity contribution in [1.29, 1.82) is 0 Å². The SMILES string of the molecule is C[C@@H](O)[C@H](N)C(=O)N1CC2(C1)SCCN2C(=O)C(C)(C)C. The predicted octanol–water partition coefficient (Wildman–Crippen LogP) is -0.145. The molecule has 0 aliphatic carbocycles. The van der Waals surface area contributed by atoms with Gasteiger partial charge >= 0.3 is 0 Å². The zero-order chi connectivity index (χ0) is 16.0. The van der Waals surface area contributed by atoms with Crippen molar-refractivity contribution in [2.75, 3.05) is 25.4 Å². The van der Waals surface area contributed by atoms with Crippen molar-refractivity contribution in [2.24, 2.45) is 11.1 Å². The van der Waals surface area contributed by atoms with Gasteiger partial charge in [0.25, 0.3) is 0 Å². The van der Waals surface area contributed by atoms with Crippen LogP contribution in [0.5, 0.6) is 0 Å². The van der Waals surface area contributed by atoms with Gasteiger partial charge in [-0.05, 0) is 6.92 Å². The van der Waals surface area contributed by atoms with Crippen molar-refractivity contribution in [3.8, 4) is 0 Å². The fraction of sp³-hybridized carbons (Fsp3) is 0.857. The largest absolute Gasteiger partial charge is 0.391 e. The van der Waals surface area contributed by atoms with Gasteiger partial charge in [-0.3, -0.25) is 9.59 Å². The van der Waals surface area contributed by atoms with E-state index in [1.165, 1.54) is 6.92 Å². The highest BCUT2D eigenvalue weighted by Crippen LogP contribution is 2.44. The van der Waals surface area contributed by atoms with Crippen LogP contribution in [-0.2, 0) is 9.59 Å². The zero-order valence-electron chi connectivity index (χ0n) is 13.1. The molecule has 2 saturated heterocycles. The summed E-state index contributed by atoms with van der Waals surface area (Å²) in [5.74, 6) is 0.775. The van der Waals surface area contributed by atoms with Crippen molar-refractivity contribution in [3.05, 3.63) is 0 Å². The molecule has 120 valence electrons. The predicted molar refractivity (Wildman–Crippen MR) is 82.6 cm³/mol. The van der Waals surface area contributed by atoms with Gasteiger partial charge in [0.2, 0.25) is 11.8 Å². The van der Waals surface area contributed by atoms with E-state index in [0.29, 0.717) is 13.1 Å².